The Hall–Kier alpha value is -1.50. The van der Waals surface area contributed by atoms with Gasteiger partial charge < -0.3 is 10.2 Å². The van der Waals surface area contributed by atoms with Gasteiger partial charge in [-0.15, -0.1) is 6.42 Å². The van der Waals surface area contributed by atoms with Gasteiger partial charge in [0.15, 0.2) is 0 Å². The fourth-order valence-corrected chi connectivity index (χ4v) is 2.95. The summed E-state index contributed by atoms with van der Waals surface area (Å²) in [4.78, 5) is 27.1. The summed E-state index contributed by atoms with van der Waals surface area (Å²) in [6.45, 7) is 9.68. The number of amides is 2. The van der Waals surface area contributed by atoms with Crippen molar-refractivity contribution in [2.24, 2.45) is 5.92 Å². The number of carbonyl (C=O) groups is 2. The number of terminal acetylenes is 1. The number of rotatable bonds is 5. The average Bonchev–Trinajstić information content (AvgIpc) is 2.43. The molecule has 20 heavy (non-hydrogen) atoms. The SMILES string of the molecule is C#CC(CC)N1C(=O)C(CC)(CC)NC(=O)C1C(C)C. The summed E-state index contributed by atoms with van der Waals surface area (Å²) in [6.07, 6.45) is 7.39. The van der Waals surface area contributed by atoms with Gasteiger partial charge in [-0.1, -0.05) is 40.5 Å². The van der Waals surface area contributed by atoms with Gasteiger partial charge in [-0.3, -0.25) is 9.59 Å². The number of hydrogen-bond acceptors (Lipinski definition) is 2. The van der Waals surface area contributed by atoms with E-state index in [0.717, 1.165) is 0 Å². The molecule has 1 saturated heterocycles. The molecule has 112 valence electrons. The topological polar surface area (TPSA) is 49.4 Å². The van der Waals surface area contributed by atoms with Crippen LogP contribution in [0.2, 0.25) is 0 Å². The Balaban J connectivity index is 3.32. The van der Waals surface area contributed by atoms with Gasteiger partial charge in [-0.2, -0.15) is 0 Å². The highest BCUT2D eigenvalue weighted by molar-refractivity contribution is 6.00. The van der Waals surface area contributed by atoms with E-state index < -0.39 is 11.6 Å². The maximum absolute atomic E-state index is 12.9. The third-order valence-electron chi connectivity index (χ3n) is 4.33. The molecule has 0 spiro atoms. The maximum atomic E-state index is 12.9. The van der Waals surface area contributed by atoms with Crippen molar-refractivity contribution < 1.29 is 9.59 Å². The van der Waals surface area contributed by atoms with Crippen LogP contribution >= 0.6 is 0 Å². The summed E-state index contributed by atoms with van der Waals surface area (Å²) in [5.41, 5.74) is -0.799. The first-order valence-electron chi connectivity index (χ1n) is 7.49. The van der Waals surface area contributed by atoms with Gasteiger partial charge in [0.2, 0.25) is 11.8 Å². The van der Waals surface area contributed by atoms with Crippen molar-refractivity contribution in [1.82, 2.24) is 10.2 Å². The number of nitrogens with zero attached hydrogens (tertiary/aromatic N) is 1. The second-order valence-electron chi connectivity index (χ2n) is 5.77. The van der Waals surface area contributed by atoms with Gasteiger partial charge in [-0.05, 0) is 25.2 Å². The highest BCUT2D eigenvalue weighted by Crippen LogP contribution is 2.30. The Morgan fingerprint density at radius 2 is 1.85 bits per heavy atom. The van der Waals surface area contributed by atoms with Crippen molar-refractivity contribution in [3.63, 3.8) is 0 Å². The van der Waals surface area contributed by atoms with Gasteiger partial charge in [0.1, 0.15) is 11.6 Å². The Morgan fingerprint density at radius 1 is 1.30 bits per heavy atom. The molecule has 1 N–H and O–H groups in total. The van der Waals surface area contributed by atoms with Gasteiger partial charge in [0.05, 0.1) is 6.04 Å². The lowest BCUT2D eigenvalue weighted by Gasteiger charge is -2.48. The lowest BCUT2D eigenvalue weighted by molar-refractivity contribution is -0.159. The molecule has 1 fully saturated rings. The minimum atomic E-state index is -0.799. The van der Waals surface area contributed by atoms with Gasteiger partial charge in [-0.25, -0.2) is 0 Å². The molecule has 0 aromatic heterocycles. The molecule has 0 bridgehead atoms. The number of nitrogens with one attached hydrogen (secondary N) is 1. The quantitative estimate of drug-likeness (QED) is 0.781. The molecule has 1 aliphatic rings. The van der Waals surface area contributed by atoms with Gasteiger partial charge in [0.25, 0.3) is 0 Å². The van der Waals surface area contributed by atoms with Crippen LogP contribution in [0.15, 0.2) is 0 Å². The highest BCUT2D eigenvalue weighted by Gasteiger charge is 2.51. The zero-order chi connectivity index (χ0) is 15.5. The number of piperazine rings is 1. The van der Waals surface area contributed by atoms with E-state index in [0.29, 0.717) is 19.3 Å². The van der Waals surface area contributed by atoms with E-state index in [4.69, 9.17) is 6.42 Å². The predicted octanol–water partition coefficient (Wildman–Crippen LogP) is 1.94. The fraction of sp³-hybridized carbons (Fsp3) is 0.750. The zero-order valence-corrected chi connectivity index (χ0v) is 13.2. The molecular formula is C16H26N2O2. The van der Waals surface area contributed by atoms with Crippen LogP contribution in [-0.2, 0) is 9.59 Å². The molecule has 0 aliphatic carbocycles. The van der Waals surface area contributed by atoms with Crippen LogP contribution < -0.4 is 5.32 Å². The summed E-state index contributed by atoms with van der Waals surface area (Å²) < 4.78 is 0. The van der Waals surface area contributed by atoms with Crippen LogP contribution in [0.5, 0.6) is 0 Å². The first-order chi connectivity index (χ1) is 9.38. The first kappa shape index (κ1) is 16.6. The van der Waals surface area contributed by atoms with Crippen molar-refractivity contribution in [3.05, 3.63) is 0 Å². The third kappa shape index (κ3) is 2.54. The van der Waals surface area contributed by atoms with Crippen molar-refractivity contribution in [2.45, 2.75) is 71.5 Å². The normalized spacial score (nSPS) is 23.4. The van der Waals surface area contributed by atoms with E-state index in [1.165, 1.54) is 0 Å². The van der Waals surface area contributed by atoms with E-state index in [9.17, 15) is 9.59 Å². The Bertz CT molecular complexity index is 419. The fourth-order valence-electron chi connectivity index (χ4n) is 2.95. The molecule has 2 atom stereocenters. The lowest BCUT2D eigenvalue weighted by atomic mass is 9.83. The third-order valence-corrected chi connectivity index (χ3v) is 4.33. The standard InChI is InChI=1S/C16H26N2O2/c1-7-12(8-2)18-13(11(5)6)14(19)17-16(9-3,10-4)15(18)20/h1,11-13H,8-10H2,2-6H3,(H,17,19). The Labute approximate surface area is 122 Å². The average molecular weight is 278 g/mol. The maximum Gasteiger partial charge on any atom is 0.249 e. The second kappa shape index (κ2) is 6.30. The minimum Gasteiger partial charge on any atom is -0.340 e. The minimum absolute atomic E-state index is 0.0352. The van der Waals surface area contributed by atoms with E-state index in [1.54, 1.807) is 4.90 Å². The van der Waals surface area contributed by atoms with Crippen LogP contribution in [0.4, 0.5) is 0 Å². The summed E-state index contributed by atoms with van der Waals surface area (Å²) >= 11 is 0. The van der Waals surface area contributed by atoms with Crippen molar-refractivity contribution in [3.8, 4) is 12.3 Å². The van der Waals surface area contributed by atoms with Gasteiger partial charge >= 0.3 is 0 Å². The monoisotopic (exact) mass is 278 g/mol. The summed E-state index contributed by atoms with van der Waals surface area (Å²) in [5.74, 6) is 2.58. The predicted molar refractivity (Wildman–Crippen MR) is 79.8 cm³/mol. The second-order valence-corrected chi connectivity index (χ2v) is 5.77. The molecule has 0 aromatic carbocycles. The Kier molecular flexibility index (Phi) is 5.21. The van der Waals surface area contributed by atoms with Crippen molar-refractivity contribution in [2.75, 3.05) is 0 Å². The van der Waals surface area contributed by atoms with E-state index >= 15 is 0 Å². The molecule has 2 amide bonds. The van der Waals surface area contributed by atoms with Crippen LogP contribution in [0.3, 0.4) is 0 Å². The first-order valence-corrected chi connectivity index (χ1v) is 7.49. The molecule has 1 rings (SSSR count). The molecule has 4 nitrogen and oxygen atoms in total. The van der Waals surface area contributed by atoms with Gasteiger partial charge in [0, 0.05) is 0 Å². The molecule has 0 aromatic rings. The molecule has 1 heterocycles. The summed E-state index contributed by atoms with van der Waals surface area (Å²) in [7, 11) is 0. The van der Waals surface area contributed by atoms with E-state index in [-0.39, 0.29) is 23.8 Å². The smallest absolute Gasteiger partial charge is 0.249 e. The van der Waals surface area contributed by atoms with Crippen LogP contribution in [-0.4, -0.2) is 34.3 Å². The molecular weight excluding hydrogens is 252 g/mol. The summed E-state index contributed by atoms with van der Waals surface area (Å²) in [5, 5.41) is 2.94. The highest BCUT2D eigenvalue weighted by atomic mass is 16.2. The largest absolute Gasteiger partial charge is 0.340 e. The van der Waals surface area contributed by atoms with Crippen LogP contribution in [0.25, 0.3) is 0 Å². The van der Waals surface area contributed by atoms with E-state index in [2.05, 4.69) is 11.2 Å². The Morgan fingerprint density at radius 3 is 2.20 bits per heavy atom. The molecule has 2 unspecified atom stereocenters. The molecule has 0 radical (unpaired) electrons. The number of hydrogen-bond donors (Lipinski definition) is 1. The van der Waals surface area contributed by atoms with Crippen molar-refractivity contribution in [1.29, 1.82) is 0 Å². The van der Waals surface area contributed by atoms with Crippen LogP contribution in [0.1, 0.15) is 53.9 Å². The number of carbonyl (C=O) groups excluding carboxylic acids is 2. The molecule has 1 aliphatic heterocycles. The summed E-state index contributed by atoms with van der Waals surface area (Å²) in [6, 6.07) is -0.798. The van der Waals surface area contributed by atoms with Crippen LogP contribution in [0, 0.1) is 18.3 Å². The van der Waals surface area contributed by atoms with Crippen molar-refractivity contribution >= 4 is 11.8 Å². The molecule has 4 heteroatoms. The molecule has 0 saturated carbocycles. The van der Waals surface area contributed by atoms with E-state index in [1.807, 2.05) is 34.6 Å². The zero-order valence-electron chi connectivity index (χ0n) is 13.2. The lowest BCUT2D eigenvalue weighted by Crippen LogP contribution is -2.72.